The Hall–Kier alpha value is -1.66. The van der Waals surface area contributed by atoms with E-state index in [0.29, 0.717) is 25.3 Å². The number of nitro groups is 1. The molecule has 1 aliphatic rings. The second-order valence-corrected chi connectivity index (χ2v) is 5.23. The number of nitrogens with zero attached hydrogens (tertiary/aromatic N) is 1. The zero-order valence-electron chi connectivity index (χ0n) is 11.7. The molecule has 21 heavy (non-hydrogen) atoms. The van der Waals surface area contributed by atoms with Crippen molar-refractivity contribution in [2.45, 2.75) is 31.7 Å². The average Bonchev–Trinajstić information content (AvgIpc) is 3.27. The number of halogens is 1. The molecule has 1 fully saturated rings. The van der Waals surface area contributed by atoms with Crippen molar-refractivity contribution < 1.29 is 9.72 Å². The highest BCUT2D eigenvalue weighted by Gasteiger charge is 2.28. The predicted octanol–water partition coefficient (Wildman–Crippen LogP) is 1.80. The van der Waals surface area contributed by atoms with Crippen LogP contribution in [0.1, 0.15) is 24.8 Å². The zero-order chi connectivity index (χ0) is 14.5. The number of nitro benzene ring substituents is 1. The van der Waals surface area contributed by atoms with E-state index in [0.717, 1.165) is 18.4 Å². The van der Waals surface area contributed by atoms with Crippen LogP contribution in [0.5, 0.6) is 0 Å². The summed E-state index contributed by atoms with van der Waals surface area (Å²) in [5.41, 5.74) is 6.74. The number of non-ortho nitro benzene ring substituents is 1. The molecule has 0 radical (unpaired) electrons. The van der Waals surface area contributed by atoms with Crippen molar-refractivity contribution in [1.29, 1.82) is 0 Å². The Morgan fingerprint density at radius 2 is 2.19 bits per heavy atom. The Morgan fingerprint density at radius 1 is 1.48 bits per heavy atom. The summed E-state index contributed by atoms with van der Waals surface area (Å²) in [5.74, 6) is 0.500. The van der Waals surface area contributed by atoms with Gasteiger partial charge >= 0.3 is 0 Å². The number of carbonyl (C=O) groups excluding carboxylic acids is 1. The largest absolute Gasteiger partial charge is 0.355 e. The third-order valence-corrected chi connectivity index (χ3v) is 3.52. The fourth-order valence-electron chi connectivity index (χ4n) is 2.09. The van der Waals surface area contributed by atoms with Crippen molar-refractivity contribution in [1.82, 2.24) is 5.32 Å². The van der Waals surface area contributed by atoms with Crippen LogP contribution in [0, 0.1) is 16.0 Å². The molecule has 2 rings (SSSR count). The average molecular weight is 314 g/mol. The molecule has 3 N–H and O–H groups in total. The number of hydrogen-bond donors (Lipinski definition) is 2. The maximum atomic E-state index is 11.7. The minimum Gasteiger partial charge on any atom is -0.355 e. The lowest BCUT2D eigenvalue weighted by atomic mass is 10.1. The number of amides is 1. The Balaban J connectivity index is 0.00000220. The van der Waals surface area contributed by atoms with Gasteiger partial charge in [-0.15, -0.1) is 12.4 Å². The number of hydrogen-bond acceptors (Lipinski definition) is 4. The molecule has 1 unspecified atom stereocenters. The standard InChI is InChI=1S/C14H19N3O3.ClH/c15-13(11-5-6-11)9-16-14(18)7-4-10-2-1-3-12(8-10)17(19)20;/h1-3,8,11,13H,4-7,9,15H2,(H,16,18);1H. The van der Waals surface area contributed by atoms with Gasteiger partial charge in [0.05, 0.1) is 4.92 Å². The van der Waals surface area contributed by atoms with Crippen molar-refractivity contribution in [2.75, 3.05) is 6.54 Å². The SMILES string of the molecule is Cl.NC(CNC(=O)CCc1cccc([N+](=O)[O-])c1)C1CC1. The monoisotopic (exact) mass is 313 g/mol. The van der Waals surface area contributed by atoms with Crippen molar-refractivity contribution >= 4 is 24.0 Å². The van der Waals surface area contributed by atoms with E-state index in [1.807, 2.05) is 0 Å². The normalized spacial score (nSPS) is 14.9. The molecule has 6 nitrogen and oxygen atoms in total. The first-order valence-electron chi connectivity index (χ1n) is 6.82. The van der Waals surface area contributed by atoms with Gasteiger partial charge in [0.1, 0.15) is 0 Å². The van der Waals surface area contributed by atoms with Crippen molar-refractivity contribution in [3.8, 4) is 0 Å². The number of nitrogens with one attached hydrogen (secondary N) is 1. The summed E-state index contributed by atoms with van der Waals surface area (Å²) in [6.07, 6.45) is 3.13. The number of nitrogens with two attached hydrogens (primary N) is 1. The highest BCUT2D eigenvalue weighted by molar-refractivity contribution is 5.85. The highest BCUT2D eigenvalue weighted by Crippen LogP contribution is 2.31. The van der Waals surface area contributed by atoms with Crippen molar-refractivity contribution in [2.24, 2.45) is 11.7 Å². The lowest BCUT2D eigenvalue weighted by molar-refractivity contribution is -0.384. The molecule has 0 aromatic heterocycles. The van der Waals surface area contributed by atoms with Crippen LogP contribution in [-0.2, 0) is 11.2 Å². The van der Waals surface area contributed by atoms with Crippen LogP contribution >= 0.6 is 12.4 Å². The van der Waals surface area contributed by atoms with Gasteiger partial charge in [-0.05, 0) is 30.7 Å². The number of aryl methyl sites for hydroxylation is 1. The van der Waals surface area contributed by atoms with E-state index < -0.39 is 4.92 Å². The molecule has 1 aliphatic carbocycles. The summed E-state index contributed by atoms with van der Waals surface area (Å²) in [4.78, 5) is 21.9. The van der Waals surface area contributed by atoms with Crippen molar-refractivity contribution in [3.63, 3.8) is 0 Å². The molecule has 0 heterocycles. The topological polar surface area (TPSA) is 98.3 Å². The molecule has 0 bridgehead atoms. The van der Waals surface area contributed by atoms with Crippen LogP contribution in [0.4, 0.5) is 5.69 Å². The minimum absolute atomic E-state index is 0. The molecule has 0 saturated heterocycles. The highest BCUT2D eigenvalue weighted by atomic mass is 35.5. The van der Waals surface area contributed by atoms with E-state index in [4.69, 9.17) is 5.73 Å². The fourth-order valence-corrected chi connectivity index (χ4v) is 2.09. The lowest BCUT2D eigenvalue weighted by Crippen LogP contribution is -2.38. The number of benzene rings is 1. The van der Waals surface area contributed by atoms with E-state index in [2.05, 4.69) is 5.32 Å². The summed E-state index contributed by atoms with van der Waals surface area (Å²) in [6.45, 7) is 0.512. The molecule has 1 saturated carbocycles. The van der Waals surface area contributed by atoms with Crippen molar-refractivity contribution in [3.05, 3.63) is 39.9 Å². The summed E-state index contributed by atoms with van der Waals surface area (Å²) >= 11 is 0. The molecule has 7 heteroatoms. The number of rotatable bonds is 7. The summed E-state index contributed by atoms with van der Waals surface area (Å²) in [6, 6.07) is 6.42. The Kier molecular flexibility index (Phi) is 6.58. The van der Waals surface area contributed by atoms with E-state index in [1.54, 1.807) is 12.1 Å². The molecular formula is C14H20ClN3O3. The van der Waals surface area contributed by atoms with Crippen LogP contribution < -0.4 is 11.1 Å². The van der Waals surface area contributed by atoms with E-state index in [1.165, 1.54) is 12.1 Å². The third kappa shape index (κ3) is 5.69. The Labute approximate surface area is 129 Å². The minimum atomic E-state index is -0.432. The van der Waals surface area contributed by atoms with E-state index in [-0.39, 0.29) is 30.0 Å². The molecule has 0 aliphatic heterocycles. The summed E-state index contributed by atoms with van der Waals surface area (Å²) in [7, 11) is 0. The van der Waals surface area contributed by atoms with Gasteiger partial charge in [0.15, 0.2) is 0 Å². The van der Waals surface area contributed by atoms with Gasteiger partial charge in [0.2, 0.25) is 5.91 Å². The van der Waals surface area contributed by atoms with Gasteiger partial charge in [0.25, 0.3) is 5.69 Å². The van der Waals surface area contributed by atoms with Crippen LogP contribution in [0.3, 0.4) is 0 Å². The summed E-state index contributed by atoms with van der Waals surface area (Å²) < 4.78 is 0. The Morgan fingerprint density at radius 3 is 2.81 bits per heavy atom. The van der Waals surface area contributed by atoms with Gasteiger partial charge in [-0.3, -0.25) is 14.9 Å². The summed E-state index contributed by atoms with van der Waals surface area (Å²) in [5, 5.41) is 13.5. The maximum absolute atomic E-state index is 11.7. The van der Waals surface area contributed by atoms with E-state index >= 15 is 0 Å². The lowest BCUT2D eigenvalue weighted by Gasteiger charge is -2.11. The zero-order valence-corrected chi connectivity index (χ0v) is 12.5. The molecule has 1 aromatic rings. The van der Waals surface area contributed by atoms with Crippen LogP contribution in [-0.4, -0.2) is 23.4 Å². The molecular weight excluding hydrogens is 294 g/mol. The van der Waals surface area contributed by atoms with Crippen LogP contribution in [0.15, 0.2) is 24.3 Å². The number of carbonyl (C=O) groups is 1. The van der Waals surface area contributed by atoms with E-state index in [9.17, 15) is 14.9 Å². The fraction of sp³-hybridized carbons (Fsp3) is 0.500. The van der Waals surface area contributed by atoms with Gasteiger partial charge in [-0.2, -0.15) is 0 Å². The maximum Gasteiger partial charge on any atom is 0.269 e. The second-order valence-electron chi connectivity index (χ2n) is 5.23. The molecule has 1 aromatic carbocycles. The molecule has 1 atom stereocenters. The van der Waals surface area contributed by atoms with Gasteiger partial charge in [0, 0.05) is 31.1 Å². The third-order valence-electron chi connectivity index (χ3n) is 3.52. The quantitative estimate of drug-likeness (QED) is 0.592. The molecule has 116 valence electrons. The Bertz CT molecular complexity index is 506. The van der Waals surface area contributed by atoms with Gasteiger partial charge < -0.3 is 11.1 Å². The molecule has 0 spiro atoms. The van der Waals surface area contributed by atoms with Crippen LogP contribution in [0.25, 0.3) is 0 Å². The first-order valence-corrected chi connectivity index (χ1v) is 6.82. The first kappa shape index (κ1) is 17.4. The van der Waals surface area contributed by atoms with Gasteiger partial charge in [-0.25, -0.2) is 0 Å². The van der Waals surface area contributed by atoms with Crippen LogP contribution in [0.2, 0.25) is 0 Å². The predicted molar refractivity (Wildman–Crippen MR) is 82.4 cm³/mol. The molecule has 1 amide bonds. The second kappa shape index (κ2) is 7.95. The first-order chi connectivity index (χ1) is 9.56. The van der Waals surface area contributed by atoms with Gasteiger partial charge in [-0.1, -0.05) is 12.1 Å². The smallest absolute Gasteiger partial charge is 0.269 e.